The van der Waals surface area contributed by atoms with Crippen molar-refractivity contribution < 1.29 is 23.8 Å². The Morgan fingerprint density at radius 1 is 0.909 bits per heavy atom. The van der Waals surface area contributed by atoms with Crippen LogP contribution in [0.25, 0.3) is 0 Å². The molecule has 0 aliphatic heterocycles. The quantitative estimate of drug-likeness (QED) is 0.410. The molecule has 1 fully saturated rings. The van der Waals surface area contributed by atoms with Gasteiger partial charge >= 0.3 is 12.2 Å². The number of fused-ring (bicyclic) bond motifs is 1. The number of amides is 2. The van der Waals surface area contributed by atoms with E-state index in [-0.39, 0.29) is 6.09 Å². The molecule has 0 aromatic rings. The molecule has 0 aromatic carbocycles. The molecule has 7 nitrogen and oxygen atoms in total. The van der Waals surface area contributed by atoms with Gasteiger partial charge in [0.2, 0.25) is 0 Å². The molecule has 33 heavy (non-hydrogen) atoms. The number of carbonyl (C=O) groups is 2. The van der Waals surface area contributed by atoms with Crippen LogP contribution in [0.3, 0.4) is 0 Å². The Hall–Kier alpha value is -1.76. The van der Waals surface area contributed by atoms with Crippen LogP contribution < -0.4 is 10.6 Å². The van der Waals surface area contributed by atoms with E-state index in [2.05, 4.69) is 22.8 Å². The number of nitrogens with one attached hydrogen (secondary N) is 2. The van der Waals surface area contributed by atoms with E-state index in [1.165, 1.54) is 12.8 Å². The predicted molar refractivity (Wildman–Crippen MR) is 130 cm³/mol. The van der Waals surface area contributed by atoms with Gasteiger partial charge in [0, 0.05) is 18.7 Å². The van der Waals surface area contributed by atoms with Gasteiger partial charge in [-0.1, -0.05) is 12.2 Å². The summed E-state index contributed by atoms with van der Waals surface area (Å²) in [6, 6.07) is 0. The third-order valence-electron chi connectivity index (χ3n) is 6.47. The maximum absolute atomic E-state index is 12.4. The first kappa shape index (κ1) is 27.5. The minimum absolute atomic E-state index is 0.349. The van der Waals surface area contributed by atoms with Gasteiger partial charge in [-0.3, -0.25) is 0 Å². The second-order valence-electron chi connectivity index (χ2n) is 11.8. The summed E-state index contributed by atoms with van der Waals surface area (Å²) in [5, 5.41) is 5.75. The van der Waals surface area contributed by atoms with Crippen molar-refractivity contribution in [2.45, 2.75) is 104 Å². The highest BCUT2D eigenvalue weighted by Crippen LogP contribution is 2.52. The molecule has 2 N–H and O–H groups in total. The lowest BCUT2D eigenvalue weighted by molar-refractivity contribution is -0.0304. The van der Waals surface area contributed by atoms with Crippen LogP contribution in [-0.4, -0.2) is 48.7 Å². The van der Waals surface area contributed by atoms with Crippen LogP contribution in [0.15, 0.2) is 12.2 Å². The number of carbonyl (C=O) groups excluding carboxylic acids is 2. The fraction of sp³-hybridized carbons (Fsp3) is 0.846. The maximum atomic E-state index is 12.4. The SMILES string of the molecule is CC(C)(CCOC(C)(C)CCNC(=O)OC(C)(C)C)NC(=O)OCC1[C@H]2CC/C=C/CC[C@@H]12. The zero-order chi connectivity index (χ0) is 24.7. The lowest BCUT2D eigenvalue weighted by Gasteiger charge is -2.30. The van der Waals surface area contributed by atoms with Gasteiger partial charge in [-0.15, -0.1) is 0 Å². The van der Waals surface area contributed by atoms with E-state index in [4.69, 9.17) is 14.2 Å². The molecule has 3 atom stereocenters. The zero-order valence-electron chi connectivity index (χ0n) is 21.8. The van der Waals surface area contributed by atoms with Gasteiger partial charge in [-0.05, 0) is 105 Å². The Balaban J connectivity index is 1.61. The summed E-state index contributed by atoms with van der Waals surface area (Å²) in [5.74, 6) is 1.96. The van der Waals surface area contributed by atoms with Crippen molar-refractivity contribution in [2.24, 2.45) is 17.8 Å². The molecular weight excluding hydrogens is 420 g/mol. The molecule has 0 heterocycles. The van der Waals surface area contributed by atoms with Crippen molar-refractivity contribution in [3.63, 3.8) is 0 Å². The summed E-state index contributed by atoms with van der Waals surface area (Å²) in [4.78, 5) is 24.1. The van der Waals surface area contributed by atoms with Gasteiger partial charge < -0.3 is 24.8 Å². The number of ether oxygens (including phenoxy) is 3. The Bertz CT molecular complexity index is 665. The van der Waals surface area contributed by atoms with Gasteiger partial charge in [0.15, 0.2) is 0 Å². The third-order valence-corrected chi connectivity index (χ3v) is 6.47. The van der Waals surface area contributed by atoms with Crippen LogP contribution in [0, 0.1) is 17.8 Å². The van der Waals surface area contributed by atoms with Gasteiger partial charge in [0.1, 0.15) is 5.60 Å². The molecule has 1 unspecified atom stereocenters. The summed E-state index contributed by atoms with van der Waals surface area (Å²) >= 11 is 0. The molecule has 2 aliphatic rings. The number of hydrogen-bond donors (Lipinski definition) is 2. The lowest BCUT2D eigenvalue weighted by atomic mass is 10.0. The smallest absolute Gasteiger partial charge is 0.407 e. The van der Waals surface area contributed by atoms with E-state index >= 15 is 0 Å². The average Bonchev–Trinajstić information content (AvgIpc) is 3.26. The highest BCUT2D eigenvalue weighted by molar-refractivity contribution is 5.68. The Labute approximate surface area is 200 Å². The molecule has 0 spiro atoms. The summed E-state index contributed by atoms with van der Waals surface area (Å²) in [6.07, 6.45) is 9.81. The molecule has 190 valence electrons. The van der Waals surface area contributed by atoms with Crippen molar-refractivity contribution in [1.82, 2.24) is 10.6 Å². The summed E-state index contributed by atoms with van der Waals surface area (Å²) < 4.78 is 16.9. The van der Waals surface area contributed by atoms with E-state index in [1.807, 2.05) is 48.5 Å². The van der Waals surface area contributed by atoms with Crippen molar-refractivity contribution >= 4 is 12.2 Å². The topological polar surface area (TPSA) is 85.9 Å². The van der Waals surface area contributed by atoms with E-state index in [1.54, 1.807) is 0 Å². The van der Waals surface area contributed by atoms with Crippen LogP contribution in [0.4, 0.5) is 9.59 Å². The van der Waals surface area contributed by atoms with E-state index in [0.29, 0.717) is 38.5 Å². The van der Waals surface area contributed by atoms with Crippen LogP contribution in [0.1, 0.15) is 87.0 Å². The number of allylic oxidation sites excluding steroid dienone is 2. The van der Waals surface area contributed by atoms with E-state index in [9.17, 15) is 9.59 Å². The molecule has 7 heteroatoms. The maximum Gasteiger partial charge on any atom is 0.407 e. The second kappa shape index (κ2) is 11.6. The largest absolute Gasteiger partial charge is 0.449 e. The molecule has 2 amide bonds. The molecule has 0 radical (unpaired) electrons. The van der Waals surface area contributed by atoms with Crippen LogP contribution in [0.2, 0.25) is 0 Å². The highest BCUT2D eigenvalue weighted by Gasteiger charge is 2.49. The molecule has 0 saturated heterocycles. The van der Waals surface area contributed by atoms with E-state index in [0.717, 1.165) is 24.7 Å². The number of rotatable bonds is 10. The minimum atomic E-state index is -0.511. The van der Waals surface area contributed by atoms with E-state index < -0.39 is 22.8 Å². The van der Waals surface area contributed by atoms with Gasteiger partial charge in [-0.2, -0.15) is 0 Å². The zero-order valence-corrected chi connectivity index (χ0v) is 21.8. The van der Waals surface area contributed by atoms with Crippen LogP contribution in [-0.2, 0) is 14.2 Å². The molecule has 0 aromatic heterocycles. The van der Waals surface area contributed by atoms with Crippen molar-refractivity contribution in [3.8, 4) is 0 Å². The fourth-order valence-electron chi connectivity index (χ4n) is 4.42. The Morgan fingerprint density at radius 3 is 2.09 bits per heavy atom. The Kier molecular flexibility index (Phi) is 9.65. The predicted octanol–water partition coefficient (Wildman–Crippen LogP) is 5.58. The summed E-state index contributed by atoms with van der Waals surface area (Å²) in [5.41, 5.74) is -1.35. The van der Waals surface area contributed by atoms with Crippen LogP contribution >= 0.6 is 0 Å². The highest BCUT2D eigenvalue weighted by atomic mass is 16.6. The van der Waals surface area contributed by atoms with Crippen molar-refractivity contribution in [1.29, 1.82) is 0 Å². The monoisotopic (exact) mass is 466 g/mol. The first-order chi connectivity index (χ1) is 15.3. The number of hydrogen-bond acceptors (Lipinski definition) is 5. The third kappa shape index (κ3) is 10.8. The molecule has 1 saturated carbocycles. The first-order valence-electron chi connectivity index (χ1n) is 12.5. The lowest BCUT2D eigenvalue weighted by Crippen LogP contribution is -2.45. The van der Waals surface area contributed by atoms with Gasteiger partial charge in [0.25, 0.3) is 0 Å². The summed E-state index contributed by atoms with van der Waals surface area (Å²) in [7, 11) is 0. The second-order valence-corrected chi connectivity index (χ2v) is 11.8. The van der Waals surface area contributed by atoms with Crippen molar-refractivity contribution in [3.05, 3.63) is 12.2 Å². The Morgan fingerprint density at radius 2 is 1.52 bits per heavy atom. The summed E-state index contributed by atoms with van der Waals surface area (Å²) in [6.45, 7) is 14.9. The first-order valence-corrected chi connectivity index (χ1v) is 12.5. The average molecular weight is 467 g/mol. The number of alkyl carbamates (subject to hydrolysis) is 2. The molecule has 2 rings (SSSR count). The molecular formula is C26H46N2O5. The normalized spacial score (nSPS) is 24.0. The van der Waals surface area contributed by atoms with Crippen molar-refractivity contribution in [2.75, 3.05) is 19.8 Å². The van der Waals surface area contributed by atoms with Crippen LogP contribution in [0.5, 0.6) is 0 Å². The minimum Gasteiger partial charge on any atom is -0.449 e. The fourth-order valence-corrected chi connectivity index (χ4v) is 4.42. The standard InChI is InChI=1S/C26H46N2O5/c1-24(2,3)33-22(29)27-16-14-26(6,7)32-17-15-25(4,5)28-23(30)31-18-21-19-12-10-8-9-11-13-20(19)21/h8-9,19-21H,10-18H2,1-7H3,(H,27,29)(H,28,30)/b9-8+/t19-,20+,21?. The molecule has 0 bridgehead atoms. The van der Waals surface area contributed by atoms with Gasteiger partial charge in [0.05, 0.1) is 12.2 Å². The molecule has 2 aliphatic carbocycles. The van der Waals surface area contributed by atoms with Gasteiger partial charge in [-0.25, -0.2) is 9.59 Å².